The number of nitrogens with one attached hydrogen (secondary N) is 2. The molecule has 0 saturated carbocycles. The van der Waals surface area contributed by atoms with E-state index in [0.29, 0.717) is 5.25 Å². The Hall–Kier alpha value is 0.500. The molecule has 0 aromatic carbocycles. The molecule has 0 fully saturated rings. The van der Waals surface area contributed by atoms with Gasteiger partial charge in [-0.2, -0.15) is 0 Å². The standard InChI is InChI=1S/C5H15N2OPS/c1-5(2)10-9(8,6-3)7-4/h5H,1-4H3,(H2,6,7,8). The monoisotopic (exact) mass is 182 g/mol. The van der Waals surface area contributed by atoms with Crippen LogP contribution >= 0.6 is 18.0 Å². The van der Waals surface area contributed by atoms with Gasteiger partial charge in [0.1, 0.15) is 0 Å². The molecule has 0 amide bonds. The van der Waals surface area contributed by atoms with Gasteiger partial charge in [0.25, 0.3) is 6.65 Å². The summed E-state index contributed by atoms with van der Waals surface area (Å²) in [5.41, 5.74) is 0. The number of rotatable bonds is 4. The summed E-state index contributed by atoms with van der Waals surface area (Å²) in [6.07, 6.45) is 0. The van der Waals surface area contributed by atoms with Gasteiger partial charge >= 0.3 is 0 Å². The topological polar surface area (TPSA) is 41.1 Å². The number of hydrogen-bond acceptors (Lipinski definition) is 2. The van der Waals surface area contributed by atoms with E-state index < -0.39 is 6.65 Å². The Labute approximate surface area is 66.6 Å². The van der Waals surface area contributed by atoms with Crippen molar-refractivity contribution in [1.29, 1.82) is 0 Å². The molecular formula is C5H15N2OPS. The molecule has 0 unspecified atom stereocenters. The van der Waals surface area contributed by atoms with Crippen molar-refractivity contribution in [3.63, 3.8) is 0 Å². The van der Waals surface area contributed by atoms with Gasteiger partial charge in [-0.1, -0.05) is 25.2 Å². The minimum Gasteiger partial charge on any atom is -0.277 e. The van der Waals surface area contributed by atoms with Crippen LogP contribution in [0.15, 0.2) is 0 Å². The lowest BCUT2D eigenvalue weighted by Crippen LogP contribution is -2.13. The van der Waals surface area contributed by atoms with Crippen LogP contribution in [-0.4, -0.2) is 19.3 Å². The van der Waals surface area contributed by atoms with Crippen molar-refractivity contribution in [2.24, 2.45) is 0 Å². The van der Waals surface area contributed by atoms with Gasteiger partial charge in [0, 0.05) is 5.25 Å². The molecule has 0 aromatic heterocycles. The van der Waals surface area contributed by atoms with Crippen LogP contribution in [0.25, 0.3) is 0 Å². The second-order valence-corrected chi connectivity index (χ2v) is 7.48. The highest BCUT2D eigenvalue weighted by atomic mass is 32.7. The fourth-order valence-corrected chi connectivity index (χ4v) is 3.96. The van der Waals surface area contributed by atoms with Crippen molar-refractivity contribution in [1.82, 2.24) is 10.2 Å². The molecule has 0 aliphatic carbocycles. The Morgan fingerprint density at radius 1 is 1.30 bits per heavy atom. The fourth-order valence-electron chi connectivity index (χ4n) is 0.514. The van der Waals surface area contributed by atoms with E-state index in [9.17, 15) is 4.57 Å². The Kier molecular flexibility index (Phi) is 4.61. The zero-order chi connectivity index (χ0) is 8.20. The first kappa shape index (κ1) is 10.5. The van der Waals surface area contributed by atoms with Gasteiger partial charge in [-0.25, -0.2) is 10.2 Å². The van der Waals surface area contributed by atoms with Gasteiger partial charge in [-0.15, -0.1) is 0 Å². The molecule has 10 heavy (non-hydrogen) atoms. The molecular weight excluding hydrogens is 167 g/mol. The van der Waals surface area contributed by atoms with E-state index >= 15 is 0 Å². The quantitative estimate of drug-likeness (QED) is 0.649. The second-order valence-electron chi connectivity index (χ2n) is 2.15. The third-order valence-corrected chi connectivity index (χ3v) is 6.10. The first-order chi connectivity index (χ1) is 4.54. The van der Waals surface area contributed by atoms with Crippen LogP contribution in [0.4, 0.5) is 0 Å². The van der Waals surface area contributed by atoms with E-state index in [1.54, 1.807) is 14.1 Å². The normalized spacial score (nSPS) is 12.5. The van der Waals surface area contributed by atoms with Crippen molar-refractivity contribution in [2.45, 2.75) is 19.1 Å². The largest absolute Gasteiger partial charge is 0.277 e. The summed E-state index contributed by atoms with van der Waals surface area (Å²) in [4.78, 5) is 0. The average molecular weight is 182 g/mol. The molecule has 62 valence electrons. The van der Waals surface area contributed by atoms with E-state index in [-0.39, 0.29) is 0 Å². The first-order valence-electron chi connectivity index (χ1n) is 3.20. The summed E-state index contributed by atoms with van der Waals surface area (Å²) in [7, 11) is 3.40. The Balaban J connectivity index is 3.94. The van der Waals surface area contributed by atoms with Gasteiger partial charge in [-0.05, 0) is 14.1 Å². The molecule has 0 aliphatic rings. The van der Waals surface area contributed by atoms with Crippen LogP contribution in [-0.2, 0) is 4.57 Å². The molecule has 0 rings (SSSR count). The van der Waals surface area contributed by atoms with Gasteiger partial charge in [-0.3, -0.25) is 4.57 Å². The highest BCUT2D eigenvalue weighted by Gasteiger charge is 2.18. The zero-order valence-corrected chi connectivity index (χ0v) is 8.55. The van der Waals surface area contributed by atoms with Crippen LogP contribution in [0.2, 0.25) is 0 Å². The Bertz CT molecular complexity index is 132. The summed E-state index contributed by atoms with van der Waals surface area (Å²) in [5, 5.41) is 5.91. The van der Waals surface area contributed by atoms with Gasteiger partial charge in [0.2, 0.25) is 0 Å². The predicted molar refractivity (Wildman–Crippen MR) is 48.5 cm³/mol. The Morgan fingerprint density at radius 2 is 1.70 bits per heavy atom. The summed E-state index contributed by atoms with van der Waals surface area (Å²) in [6.45, 7) is 1.72. The molecule has 0 radical (unpaired) electrons. The van der Waals surface area contributed by atoms with Gasteiger partial charge < -0.3 is 0 Å². The minimum atomic E-state index is -2.32. The van der Waals surface area contributed by atoms with Crippen molar-refractivity contribution in [3.8, 4) is 0 Å². The minimum absolute atomic E-state index is 0.380. The van der Waals surface area contributed by atoms with Crippen molar-refractivity contribution in [3.05, 3.63) is 0 Å². The summed E-state index contributed by atoms with van der Waals surface area (Å²) < 4.78 is 11.5. The lowest BCUT2D eigenvalue weighted by Gasteiger charge is -2.16. The highest BCUT2D eigenvalue weighted by Crippen LogP contribution is 2.51. The zero-order valence-electron chi connectivity index (χ0n) is 6.84. The predicted octanol–water partition coefficient (Wildman–Crippen LogP) is 1.67. The summed E-state index contributed by atoms with van der Waals surface area (Å²) >= 11 is 1.44. The third-order valence-electron chi connectivity index (χ3n) is 0.948. The third kappa shape index (κ3) is 3.62. The van der Waals surface area contributed by atoms with Crippen LogP contribution in [0, 0.1) is 0 Å². The van der Waals surface area contributed by atoms with E-state index in [0.717, 1.165) is 0 Å². The van der Waals surface area contributed by atoms with Crippen LogP contribution in [0.5, 0.6) is 0 Å². The van der Waals surface area contributed by atoms with Crippen LogP contribution in [0.1, 0.15) is 13.8 Å². The molecule has 3 nitrogen and oxygen atoms in total. The highest BCUT2D eigenvalue weighted by molar-refractivity contribution is 8.57. The maximum atomic E-state index is 11.5. The molecule has 0 aliphatic heterocycles. The number of hydrogen-bond donors (Lipinski definition) is 2. The lowest BCUT2D eigenvalue weighted by atomic mass is 10.6. The first-order valence-corrected chi connectivity index (χ1v) is 6.39. The molecule has 0 spiro atoms. The lowest BCUT2D eigenvalue weighted by molar-refractivity contribution is 0.574. The van der Waals surface area contributed by atoms with E-state index in [1.807, 2.05) is 13.8 Å². The van der Waals surface area contributed by atoms with Gasteiger partial charge in [0.15, 0.2) is 0 Å². The van der Waals surface area contributed by atoms with E-state index in [1.165, 1.54) is 11.4 Å². The Morgan fingerprint density at radius 3 is 1.80 bits per heavy atom. The van der Waals surface area contributed by atoms with Gasteiger partial charge in [0.05, 0.1) is 0 Å². The van der Waals surface area contributed by atoms with Crippen molar-refractivity contribution < 1.29 is 4.57 Å². The average Bonchev–Trinajstić information content (AvgIpc) is 1.87. The molecule has 0 heterocycles. The molecule has 0 bridgehead atoms. The summed E-state index contributed by atoms with van der Waals surface area (Å²) in [6, 6.07) is 0. The SMILES string of the molecule is CNP(=O)(NC)SC(C)C. The molecule has 0 saturated heterocycles. The van der Waals surface area contributed by atoms with E-state index in [4.69, 9.17) is 0 Å². The smallest absolute Gasteiger partial charge is 0.266 e. The van der Waals surface area contributed by atoms with Crippen molar-refractivity contribution in [2.75, 3.05) is 14.1 Å². The molecule has 2 N–H and O–H groups in total. The molecule has 0 atom stereocenters. The molecule has 0 aromatic rings. The maximum Gasteiger partial charge on any atom is 0.266 e. The fraction of sp³-hybridized carbons (Fsp3) is 1.00. The van der Waals surface area contributed by atoms with Crippen LogP contribution in [0.3, 0.4) is 0 Å². The second kappa shape index (κ2) is 4.39. The maximum absolute atomic E-state index is 11.5. The van der Waals surface area contributed by atoms with Crippen molar-refractivity contribution >= 4 is 18.0 Å². The van der Waals surface area contributed by atoms with Crippen LogP contribution < -0.4 is 10.2 Å². The summed E-state index contributed by atoms with van der Waals surface area (Å²) in [5.74, 6) is 0. The molecule has 5 heteroatoms. The van der Waals surface area contributed by atoms with E-state index in [2.05, 4.69) is 10.2 Å².